The summed E-state index contributed by atoms with van der Waals surface area (Å²) in [5.41, 5.74) is 1.57. The molecular formula is C24H37N5O3. The van der Waals surface area contributed by atoms with Crippen LogP contribution in [0.5, 0.6) is 5.75 Å². The fourth-order valence-corrected chi connectivity index (χ4v) is 3.21. The molecule has 32 heavy (non-hydrogen) atoms. The van der Waals surface area contributed by atoms with Crippen LogP contribution in [0.25, 0.3) is 0 Å². The van der Waals surface area contributed by atoms with Crippen molar-refractivity contribution in [1.29, 1.82) is 0 Å². The average Bonchev–Trinajstić information content (AvgIpc) is 2.75. The number of aromatic amines is 1. The Labute approximate surface area is 190 Å². The molecule has 0 atom stereocenters. The maximum absolute atomic E-state index is 11.9. The lowest BCUT2D eigenvalue weighted by Crippen LogP contribution is -2.31. The Morgan fingerprint density at radius 3 is 2.66 bits per heavy atom. The molecule has 8 nitrogen and oxygen atoms in total. The SMILES string of the molecule is CCCCNC(=O)Nc1nc(CCCCCCCOc2cccc(N(C)C)c2)cc(=O)[nH]1. The monoisotopic (exact) mass is 443 g/mol. The van der Waals surface area contributed by atoms with E-state index < -0.39 is 0 Å². The molecule has 1 aromatic carbocycles. The molecule has 8 heteroatoms. The third-order valence-corrected chi connectivity index (χ3v) is 5.02. The molecular weight excluding hydrogens is 406 g/mol. The van der Waals surface area contributed by atoms with Crippen LogP contribution < -0.4 is 25.8 Å². The number of anilines is 2. The summed E-state index contributed by atoms with van der Waals surface area (Å²) in [6.45, 7) is 3.36. The van der Waals surface area contributed by atoms with E-state index >= 15 is 0 Å². The van der Waals surface area contributed by atoms with Crippen LogP contribution in [0.2, 0.25) is 0 Å². The highest BCUT2D eigenvalue weighted by atomic mass is 16.5. The molecule has 176 valence electrons. The van der Waals surface area contributed by atoms with Gasteiger partial charge in [-0.3, -0.25) is 15.1 Å². The highest BCUT2D eigenvalue weighted by Gasteiger charge is 2.06. The number of aryl methyl sites for hydroxylation is 1. The Bertz CT molecular complexity index is 882. The van der Waals surface area contributed by atoms with Gasteiger partial charge in [0.1, 0.15) is 5.75 Å². The minimum Gasteiger partial charge on any atom is -0.494 e. The fourth-order valence-electron chi connectivity index (χ4n) is 3.21. The number of carbonyl (C=O) groups is 1. The third-order valence-electron chi connectivity index (χ3n) is 5.02. The van der Waals surface area contributed by atoms with Gasteiger partial charge in [-0.2, -0.15) is 0 Å². The zero-order valence-electron chi connectivity index (χ0n) is 19.6. The lowest BCUT2D eigenvalue weighted by Gasteiger charge is -2.14. The van der Waals surface area contributed by atoms with E-state index in [2.05, 4.69) is 38.5 Å². The number of H-pyrrole nitrogens is 1. The average molecular weight is 444 g/mol. The summed E-state index contributed by atoms with van der Waals surface area (Å²) in [6.07, 6.45) is 7.85. The number of unbranched alkanes of at least 4 members (excludes halogenated alkanes) is 5. The zero-order chi connectivity index (χ0) is 23.2. The molecule has 0 spiro atoms. The van der Waals surface area contributed by atoms with Crippen molar-refractivity contribution in [1.82, 2.24) is 15.3 Å². The van der Waals surface area contributed by atoms with E-state index in [0.29, 0.717) is 25.3 Å². The van der Waals surface area contributed by atoms with Crippen molar-refractivity contribution in [3.8, 4) is 5.75 Å². The minimum atomic E-state index is -0.352. The molecule has 0 fully saturated rings. The van der Waals surface area contributed by atoms with E-state index in [9.17, 15) is 9.59 Å². The van der Waals surface area contributed by atoms with Gasteiger partial charge in [-0.1, -0.05) is 38.7 Å². The van der Waals surface area contributed by atoms with Crippen molar-refractivity contribution in [3.63, 3.8) is 0 Å². The maximum Gasteiger partial charge on any atom is 0.321 e. The molecule has 1 heterocycles. The largest absolute Gasteiger partial charge is 0.494 e. The molecule has 0 bridgehead atoms. The highest BCUT2D eigenvalue weighted by molar-refractivity contribution is 5.87. The molecule has 0 saturated heterocycles. The van der Waals surface area contributed by atoms with Crippen LogP contribution in [0, 0.1) is 0 Å². The van der Waals surface area contributed by atoms with Crippen LogP contribution in [-0.4, -0.2) is 43.2 Å². The quantitative estimate of drug-likeness (QED) is 0.378. The van der Waals surface area contributed by atoms with Gasteiger partial charge >= 0.3 is 6.03 Å². The summed E-state index contributed by atoms with van der Waals surface area (Å²) in [5.74, 6) is 1.09. The Morgan fingerprint density at radius 1 is 1.09 bits per heavy atom. The van der Waals surface area contributed by atoms with Crippen molar-refractivity contribution >= 4 is 17.7 Å². The molecule has 2 aromatic rings. The van der Waals surface area contributed by atoms with E-state index in [1.807, 2.05) is 32.3 Å². The van der Waals surface area contributed by atoms with Gasteiger partial charge in [0, 0.05) is 44.2 Å². The maximum atomic E-state index is 11.9. The van der Waals surface area contributed by atoms with Crippen molar-refractivity contribution in [2.75, 3.05) is 37.5 Å². The normalized spacial score (nSPS) is 10.6. The number of urea groups is 1. The first-order valence-electron chi connectivity index (χ1n) is 11.5. The van der Waals surface area contributed by atoms with Crippen molar-refractivity contribution in [2.24, 2.45) is 0 Å². The lowest BCUT2D eigenvalue weighted by atomic mass is 10.1. The number of hydrogen-bond donors (Lipinski definition) is 3. The van der Waals surface area contributed by atoms with Crippen LogP contribution in [-0.2, 0) is 6.42 Å². The Kier molecular flexibility index (Phi) is 11.1. The number of nitrogens with one attached hydrogen (secondary N) is 3. The van der Waals surface area contributed by atoms with Gasteiger partial charge in [-0.25, -0.2) is 9.78 Å². The number of aromatic nitrogens is 2. The Hall–Kier alpha value is -3.03. The second-order valence-electron chi connectivity index (χ2n) is 8.08. The summed E-state index contributed by atoms with van der Waals surface area (Å²) in [4.78, 5) is 32.7. The van der Waals surface area contributed by atoms with Crippen molar-refractivity contribution in [3.05, 3.63) is 46.4 Å². The summed E-state index contributed by atoms with van der Waals surface area (Å²) < 4.78 is 5.85. The third kappa shape index (κ3) is 9.85. The van der Waals surface area contributed by atoms with Crippen LogP contribution in [0.3, 0.4) is 0 Å². The molecule has 0 aliphatic carbocycles. The second kappa shape index (κ2) is 14.1. The summed E-state index contributed by atoms with van der Waals surface area (Å²) in [7, 11) is 4.03. The van der Waals surface area contributed by atoms with Crippen LogP contribution in [0.1, 0.15) is 57.6 Å². The van der Waals surface area contributed by atoms with Gasteiger partial charge in [0.15, 0.2) is 0 Å². The molecule has 1 aromatic heterocycles. The first kappa shape index (κ1) is 25.2. The Morgan fingerprint density at radius 2 is 1.88 bits per heavy atom. The number of ether oxygens (including phenoxy) is 1. The van der Waals surface area contributed by atoms with Gasteiger partial charge in [-0.05, 0) is 37.8 Å². The zero-order valence-corrected chi connectivity index (χ0v) is 19.6. The lowest BCUT2D eigenvalue weighted by molar-refractivity contribution is 0.252. The number of amides is 2. The highest BCUT2D eigenvalue weighted by Crippen LogP contribution is 2.19. The molecule has 0 aliphatic heterocycles. The van der Waals surface area contributed by atoms with Crippen LogP contribution in [0.4, 0.5) is 16.4 Å². The van der Waals surface area contributed by atoms with E-state index in [1.54, 1.807) is 0 Å². The molecule has 3 N–H and O–H groups in total. The number of carbonyl (C=O) groups excluding carboxylic acids is 1. The van der Waals surface area contributed by atoms with Crippen LogP contribution in [0.15, 0.2) is 35.1 Å². The summed E-state index contributed by atoms with van der Waals surface area (Å²) in [5, 5.41) is 5.34. The number of benzene rings is 1. The predicted octanol–water partition coefficient (Wildman–Crippen LogP) is 4.33. The molecule has 2 amide bonds. The molecule has 0 aliphatic rings. The van der Waals surface area contributed by atoms with Crippen LogP contribution >= 0.6 is 0 Å². The summed E-state index contributed by atoms with van der Waals surface area (Å²) >= 11 is 0. The molecule has 0 saturated carbocycles. The number of nitrogens with zero attached hydrogens (tertiary/aromatic N) is 2. The van der Waals surface area contributed by atoms with Gasteiger partial charge in [0.25, 0.3) is 5.56 Å². The Balaban J connectivity index is 1.62. The van der Waals surface area contributed by atoms with Gasteiger partial charge < -0.3 is 15.0 Å². The fraction of sp³-hybridized carbons (Fsp3) is 0.542. The van der Waals surface area contributed by atoms with Gasteiger partial charge in [0.05, 0.1) is 6.61 Å². The van der Waals surface area contributed by atoms with Crippen molar-refractivity contribution in [2.45, 2.75) is 58.3 Å². The number of rotatable bonds is 14. The summed E-state index contributed by atoms with van der Waals surface area (Å²) in [6, 6.07) is 9.24. The smallest absolute Gasteiger partial charge is 0.321 e. The first-order chi connectivity index (χ1) is 15.5. The van der Waals surface area contributed by atoms with E-state index in [0.717, 1.165) is 56.4 Å². The standard InChI is InChI=1S/C24H37N5O3/c1-4-5-15-25-24(31)28-23-26-19(17-22(30)27-23)12-9-7-6-8-10-16-32-21-14-11-13-20(18-21)29(2)3/h11,13-14,17-18H,4-10,12,15-16H2,1-3H3,(H3,25,26,27,28,30,31). The first-order valence-corrected chi connectivity index (χ1v) is 11.5. The molecule has 2 rings (SSSR count). The minimum absolute atomic E-state index is 0.192. The second-order valence-corrected chi connectivity index (χ2v) is 8.08. The number of hydrogen-bond acceptors (Lipinski definition) is 5. The van der Waals surface area contributed by atoms with E-state index in [-0.39, 0.29) is 17.5 Å². The molecule has 0 radical (unpaired) electrons. The topological polar surface area (TPSA) is 99.3 Å². The van der Waals surface area contributed by atoms with E-state index in [4.69, 9.17) is 4.74 Å². The van der Waals surface area contributed by atoms with Crippen molar-refractivity contribution < 1.29 is 9.53 Å². The van der Waals surface area contributed by atoms with Gasteiger partial charge in [0.2, 0.25) is 5.95 Å². The van der Waals surface area contributed by atoms with Gasteiger partial charge in [-0.15, -0.1) is 0 Å². The predicted molar refractivity (Wildman–Crippen MR) is 130 cm³/mol. The van der Waals surface area contributed by atoms with E-state index in [1.165, 1.54) is 6.07 Å². The molecule has 0 unspecified atom stereocenters.